The smallest absolute Gasteiger partial charge is 0.123 e. The molecule has 2 nitrogen and oxygen atoms in total. The van der Waals surface area contributed by atoms with Gasteiger partial charge in [-0.3, -0.25) is 0 Å². The van der Waals surface area contributed by atoms with E-state index in [1.165, 1.54) is 36.1 Å². The molecule has 0 bridgehead atoms. The van der Waals surface area contributed by atoms with Gasteiger partial charge in [-0.1, -0.05) is 24.3 Å². The highest BCUT2D eigenvalue weighted by atomic mass is 19.1. The largest absolute Gasteiger partial charge is 0.381 e. The minimum absolute atomic E-state index is 0.202. The molecule has 1 saturated heterocycles. The molecule has 0 unspecified atom stereocenters. The van der Waals surface area contributed by atoms with E-state index in [0.717, 1.165) is 25.3 Å². The zero-order chi connectivity index (χ0) is 14.5. The van der Waals surface area contributed by atoms with Crippen molar-refractivity contribution in [2.45, 2.75) is 25.3 Å². The number of halogens is 1. The first-order chi connectivity index (χ1) is 10.3. The van der Waals surface area contributed by atoms with Gasteiger partial charge in [-0.05, 0) is 67.2 Å². The quantitative estimate of drug-likeness (QED) is 0.889. The molecule has 0 amide bonds. The summed E-state index contributed by atoms with van der Waals surface area (Å²) >= 11 is 0. The summed E-state index contributed by atoms with van der Waals surface area (Å²) in [5.74, 6) is 0.497. The Balaban J connectivity index is 1.57. The van der Waals surface area contributed by atoms with Gasteiger partial charge < -0.3 is 10.6 Å². The van der Waals surface area contributed by atoms with Gasteiger partial charge in [0.25, 0.3) is 0 Å². The number of piperidine rings is 1. The lowest BCUT2D eigenvalue weighted by molar-refractivity contribution is 0.460. The Morgan fingerprint density at radius 3 is 2.29 bits per heavy atom. The number of nitrogens with one attached hydrogen (secondary N) is 2. The van der Waals surface area contributed by atoms with E-state index in [0.29, 0.717) is 5.92 Å². The maximum absolute atomic E-state index is 12.8. The zero-order valence-corrected chi connectivity index (χ0v) is 12.1. The van der Waals surface area contributed by atoms with Crippen molar-refractivity contribution >= 4 is 5.69 Å². The topological polar surface area (TPSA) is 24.1 Å². The monoisotopic (exact) mass is 284 g/mol. The number of anilines is 1. The molecule has 1 heterocycles. The SMILES string of the molecule is Fc1ccc(NCc2ccc(C3CCNCC3)cc2)cc1. The first kappa shape index (κ1) is 14.1. The fraction of sp³-hybridized carbons (Fsp3) is 0.333. The first-order valence-corrected chi connectivity index (χ1v) is 7.60. The minimum Gasteiger partial charge on any atom is -0.381 e. The third-order valence-electron chi connectivity index (χ3n) is 4.13. The molecule has 0 atom stereocenters. The van der Waals surface area contributed by atoms with E-state index in [2.05, 4.69) is 34.9 Å². The van der Waals surface area contributed by atoms with Gasteiger partial charge in [-0.2, -0.15) is 0 Å². The van der Waals surface area contributed by atoms with E-state index in [-0.39, 0.29) is 5.82 Å². The summed E-state index contributed by atoms with van der Waals surface area (Å²) in [6.07, 6.45) is 2.46. The van der Waals surface area contributed by atoms with Crippen molar-refractivity contribution in [3.05, 3.63) is 65.5 Å². The van der Waals surface area contributed by atoms with Crippen LogP contribution in [0, 0.1) is 5.82 Å². The second kappa shape index (κ2) is 6.72. The number of hydrogen-bond donors (Lipinski definition) is 2. The summed E-state index contributed by atoms with van der Waals surface area (Å²) in [7, 11) is 0. The molecule has 110 valence electrons. The molecule has 1 aliphatic rings. The molecule has 3 rings (SSSR count). The third-order valence-corrected chi connectivity index (χ3v) is 4.13. The maximum atomic E-state index is 12.8. The normalized spacial score (nSPS) is 15.9. The predicted octanol–water partition coefficient (Wildman–Crippen LogP) is 3.90. The van der Waals surface area contributed by atoms with Crippen molar-refractivity contribution in [3.63, 3.8) is 0 Å². The summed E-state index contributed by atoms with van der Waals surface area (Å²) in [5.41, 5.74) is 3.64. The molecular formula is C18H21FN2. The highest BCUT2D eigenvalue weighted by molar-refractivity contribution is 5.43. The van der Waals surface area contributed by atoms with Crippen LogP contribution in [0.4, 0.5) is 10.1 Å². The summed E-state index contributed by atoms with van der Waals surface area (Å²) < 4.78 is 12.8. The average Bonchev–Trinajstić information content (AvgIpc) is 2.56. The van der Waals surface area contributed by atoms with Crippen molar-refractivity contribution in [1.82, 2.24) is 5.32 Å². The Labute approximate surface area is 125 Å². The number of hydrogen-bond acceptors (Lipinski definition) is 2. The van der Waals surface area contributed by atoms with E-state index < -0.39 is 0 Å². The van der Waals surface area contributed by atoms with Crippen molar-refractivity contribution < 1.29 is 4.39 Å². The molecule has 2 N–H and O–H groups in total. The molecule has 2 aromatic carbocycles. The van der Waals surface area contributed by atoms with Crippen LogP contribution in [0.25, 0.3) is 0 Å². The van der Waals surface area contributed by atoms with Crippen LogP contribution in [0.2, 0.25) is 0 Å². The maximum Gasteiger partial charge on any atom is 0.123 e. The summed E-state index contributed by atoms with van der Waals surface area (Å²) in [4.78, 5) is 0. The highest BCUT2D eigenvalue weighted by Gasteiger charge is 2.14. The Morgan fingerprint density at radius 1 is 0.952 bits per heavy atom. The molecule has 1 aliphatic heterocycles. The molecule has 0 radical (unpaired) electrons. The molecule has 2 aromatic rings. The Bertz CT molecular complexity index is 557. The van der Waals surface area contributed by atoms with Crippen LogP contribution in [0.15, 0.2) is 48.5 Å². The summed E-state index contributed by atoms with van der Waals surface area (Å²) in [6, 6.07) is 15.3. The van der Waals surface area contributed by atoms with Crippen molar-refractivity contribution in [1.29, 1.82) is 0 Å². The number of benzene rings is 2. The third kappa shape index (κ3) is 3.82. The van der Waals surface area contributed by atoms with Gasteiger partial charge >= 0.3 is 0 Å². The summed E-state index contributed by atoms with van der Waals surface area (Å²) in [6.45, 7) is 3.01. The van der Waals surface area contributed by atoms with Gasteiger partial charge in [0.15, 0.2) is 0 Å². The standard InChI is InChI=1S/C18H21FN2/c19-17-5-7-18(8-6-17)21-13-14-1-3-15(4-2-14)16-9-11-20-12-10-16/h1-8,16,20-21H,9-13H2. The minimum atomic E-state index is -0.202. The Kier molecular flexibility index (Phi) is 4.51. The molecule has 0 spiro atoms. The fourth-order valence-corrected chi connectivity index (χ4v) is 2.83. The van der Waals surface area contributed by atoms with Gasteiger partial charge in [0.2, 0.25) is 0 Å². The molecule has 3 heteroatoms. The molecular weight excluding hydrogens is 263 g/mol. The van der Waals surface area contributed by atoms with Crippen LogP contribution >= 0.6 is 0 Å². The lowest BCUT2D eigenvalue weighted by atomic mass is 9.90. The molecule has 0 aliphatic carbocycles. The molecule has 0 aromatic heterocycles. The Hall–Kier alpha value is -1.87. The molecule has 21 heavy (non-hydrogen) atoms. The van der Waals surface area contributed by atoms with Crippen LogP contribution < -0.4 is 10.6 Å². The first-order valence-electron chi connectivity index (χ1n) is 7.60. The highest BCUT2D eigenvalue weighted by Crippen LogP contribution is 2.25. The van der Waals surface area contributed by atoms with Crippen molar-refractivity contribution in [2.24, 2.45) is 0 Å². The van der Waals surface area contributed by atoms with Gasteiger partial charge in [-0.15, -0.1) is 0 Å². The predicted molar refractivity (Wildman–Crippen MR) is 85.0 cm³/mol. The van der Waals surface area contributed by atoms with E-state index in [1.54, 1.807) is 12.1 Å². The van der Waals surface area contributed by atoms with Crippen LogP contribution in [0.1, 0.15) is 29.9 Å². The van der Waals surface area contributed by atoms with Crippen LogP contribution in [-0.4, -0.2) is 13.1 Å². The van der Waals surface area contributed by atoms with Crippen LogP contribution in [-0.2, 0) is 6.54 Å². The Morgan fingerprint density at radius 2 is 1.62 bits per heavy atom. The van der Waals surface area contributed by atoms with Crippen LogP contribution in [0.5, 0.6) is 0 Å². The zero-order valence-electron chi connectivity index (χ0n) is 12.1. The summed E-state index contributed by atoms with van der Waals surface area (Å²) in [5, 5.41) is 6.71. The van der Waals surface area contributed by atoms with Crippen molar-refractivity contribution in [2.75, 3.05) is 18.4 Å². The van der Waals surface area contributed by atoms with E-state index in [1.807, 2.05) is 0 Å². The lowest BCUT2D eigenvalue weighted by Gasteiger charge is -2.23. The molecule has 0 saturated carbocycles. The van der Waals surface area contributed by atoms with E-state index in [4.69, 9.17) is 0 Å². The van der Waals surface area contributed by atoms with Gasteiger partial charge in [0.05, 0.1) is 0 Å². The molecule has 1 fully saturated rings. The lowest BCUT2D eigenvalue weighted by Crippen LogP contribution is -2.26. The van der Waals surface area contributed by atoms with E-state index >= 15 is 0 Å². The van der Waals surface area contributed by atoms with Gasteiger partial charge in [0, 0.05) is 12.2 Å². The second-order valence-corrected chi connectivity index (χ2v) is 5.63. The second-order valence-electron chi connectivity index (χ2n) is 5.63. The van der Waals surface area contributed by atoms with Gasteiger partial charge in [0.1, 0.15) is 5.82 Å². The van der Waals surface area contributed by atoms with Crippen molar-refractivity contribution in [3.8, 4) is 0 Å². The van der Waals surface area contributed by atoms with Crippen LogP contribution in [0.3, 0.4) is 0 Å². The van der Waals surface area contributed by atoms with E-state index in [9.17, 15) is 4.39 Å². The number of rotatable bonds is 4. The fourth-order valence-electron chi connectivity index (χ4n) is 2.83. The average molecular weight is 284 g/mol. The van der Waals surface area contributed by atoms with Gasteiger partial charge in [-0.25, -0.2) is 4.39 Å².